The fourth-order valence-corrected chi connectivity index (χ4v) is 1.33. The fourth-order valence-electron chi connectivity index (χ4n) is 1.06. The Kier molecular flexibility index (Phi) is 3.00. The molecule has 3 heteroatoms. The molecule has 0 bridgehead atoms. The Bertz CT molecular complexity index is 303. The van der Waals surface area contributed by atoms with E-state index in [4.69, 9.17) is 18.0 Å². The van der Waals surface area contributed by atoms with Crippen LogP contribution in [-0.4, -0.2) is 4.98 Å². The second kappa shape index (κ2) is 3.83. The van der Waals surface area contributed by atoms with Crippen molar-refractivity contribution < 1.29 is 0 Å². The maximum absolute atomic E-state index is 5.95. The van der Waals surface area contributed by atoms with Crippen LogP contribution in [0.25, 0.3) is 0 Å². The number of nitrogens with two attached hydrogens (primary N) is 1. The van der Waals surface area contributed by atoms with Gasteiger partial charge in [0, 0.05) is 17.8 Å². The summed E-state index contributed by atoms with van der Waals surface area (Å²) in [5.74, 6) is 0.419. The Balaban J connectivity index is 3.03. The molecule has 1 aromatic heterocycles. The molecular formula is C9H14N2S. The Labute approximate surface area is 77.8 Å². The number of nitrogens with one attached hydrogen (secondary N) is 1. The number of aromatic amines is 1. The second-order valence-electron chi connectivity index (χ2n) is 3.22. The standard InChI is InChI=1S/C9H14N2S/c1-6(2)8(10)7-4-3-5-11-9(7)12/h3-6,8H,10H2,1-2H3,(H,11,12)/t8-/m0/s1. The van der Waals surface area contributed by atoms with E-state index in [9.17, 15) is 0 Å². The predicted molar refractivity (Wildman–Crippen MR) is 53.4 cm³/mol. The van der Waals surface area contributed by atoms with E-state index >= 15 is 0 Å². The molecule has 0 amide bonds. The highest BCUT2D eigenvalue weighted by molar-refractivity contribution is 7.71. The Morgan fingerprint density at radius 1 is 1.50 bits per heavy atom. The van der Waals surface area contributed by atoms with Crippen LogP contribution in [0.15, 0.2) is 18.3 Å². The van der Waals surface area contributed by atoms with E-state index in [0.29, 0.717) is 5.92 Å². The van der Waals surface area contributed by atoms with Crippen LogP contribution in [0.4, 0.5) is 0 Å². The van der Waals surface area contributed by atoms with Gasteiger partial charge >= 0.3 is 0 Å². The maximum Gasteiger partial charge on any atom is 0.108 e. The van der Waals surface area contributed by atoms with Crippen LogP contribution in [0.5, 0.6) is 0 Å². The first-order valence-electron chi connectivity index (χ1n) is 4.06. The van der Waals surface area contributed by atoms with Crippen molar-refractivity contribution >= 4 is 12.2 Å². The summed E-state index contributed by atoms with van der Waals surface area (Å²) in [5, 5.41) is 0. The molecule has 2 nitrogen and oxygen atoms in total. The number of rotatable bonds is 2. The smallest absolute Gasteiger partial charge is 0.108 e. The van der Waals surface area contributed by atoms with E-state index in [1.165, 1.54) is 0 Å². The largest absolute Gasteiger partial charge is 0.353 e. The Morgan fingerprint density at radius 3 is 2.67 bits per heavy atom. The van der Waals surface area contributed by atoms with Crippen molar-refractivity contribution in [2.24, 2.45) is 11.7 Å². The average Bonchev–Trinajstić information content (AvgIpc) is 2.04. The van der Waals surface area contributed by atoms with Crippen molar-refractivity contribution in [3.63, 3.8) is 0 Å². The molecule has 0 saturated heterocycles. The van der Waals surface area contributed by atoms with E-state index in [1.54, 1.807) is 0 Å². The summed E-state index contributed by atoms with van der Waals surface area (Å²) >= 11 is 5.11. The predicted octanol–water partition coefficient (Wildman–Crippen LogP) is 2.40. The lowest BCUT2D eigenvalue weighted by Crippen LogP contribution is -2.17. The van der Waals surface area contributed by atoms with Gasteiger partial charge in [0.05, 0.1) is 0 Å². The zero-order valence-electron chi connectivity index (χ0n) is 7.37. The van der Waals surface area contributed by atoms with E-state index in [0.717, 1.165) is 10.2 Å². The van der Waals surface area contributed by atoms with Crippen LogP contribution in [0.1, 0.15) is 25.5 Å². The highest BCUT2D eigenvalue weighted by Crippen LogP contribution is 2.18. The molecule has 1 aromatic rings. The van der Waals surface area contributed by atoms with E-state index < -0.39 is 0 Å². The van der Waals surface area contributed by atoms with Crippen molar-refractivity contribution in [3.8, 4) is 0 Å². The van der Waals surface area contributed by atoms with Gasteiger partial charge in [-0.15, -0.1) is 0 Å². The molecule has 0 unspecified atom stereocenters. The lowest BCUT2D eigenvalue weighted by Gasteiger charge is -2.15. The fraction of sp³-hybridized carbons (Fsp3) is 0.444. The number of hydrogen-bond donors (Lipinski definition) is 2. The minimum Gasteiger partial charge on any atom is -0.353 e. The first-order valence-corrected chi connectivity index (χ1v) is 4.47. The monoisotopic (exact) mass is 182 g/mol. The number of aromatic nitrogens is 1. The minimum atomic E-state index is 0.0370. The molecule has 3 N–H and O–H groups in total. The number of H-pyrrole nitrogens is 1. The highest BCUT2D eigenvalue weighted by Gasteiger charge is 2.10. The van der Waals surface area contributed by atoms with Crippen LogP contribution in [0.3, 0.4) is 0 Å². The van der Waals surface area contributed by atoms with Crippen LogP contribution in [0, 0.1) is 10.6 Å². The zero-order chi connectivity index (χ0) is 9.14. The molecular weight excluding hydrogens is 168 g/mol. The molecule has 12 heavy (non-hydrogen) atoms. The molecule has 1 rings (SSSR count). The average molecular weight is 182 g/mol. The minimum absolute atomic E-state index is 0.0370. The van der Waals surface area contributed by atoms with Gasteiger partial charge < -0.3 is 10.7 Å². The summed E-state index contributed by atoms with van der Waals surface area (Å²) in [4.78, 5) is 2.97. The SMILES string of the molecule is CC(C)[C@H](N)c1ccc[nH]c1=S. The normalized spacial score (nSPS) is 13.3. The molecule has 0 aliphatic rings. The Morgan fingerprint density at radius 2 is 2.17 bits per heavy atom. The first-order chi connectivity index (χ1) is 5.63. The second-order valence-corrected chi connectivity index (χ2v) is 3.63. The molecule has 1 heterocycles. The zero-order valence-corrected chi connectivity index (χ0v) is 8.19. The maximum atomic E-state index is 5.95. The van der Waals surface area contributed by atoms with Crippen molar-refractivity contribution in [1.29, 1.82) is 0 Å². The van der Waals surface area contributed by atoms with E-state index in [2.05, 4.69) is 18.8 Å². The van der Waals surface area contributed by atoms with Gasteiger partial charge in [-0.1, -0.05) is 32.1 Å². The summed E-state index contributed by atoms with van der Waals surface area (Å²) in [5.41, 5.74) is 6.98. The molecule has 0 radical (unpaired) electrons. The van der Waals surface area contributed by atoms with Gasteiger partial charge in [-0.05, 0) is 12.0 Å². The molecule has 0 spiro atoms. The molecule has 0 aliphatic carbocycles. The first kappa shape index (κ1) is 9.42. The molecule has 0 aliphatic heterocycles. The van der Waals surface area contributed by atoms with Crippen molar-refractivity contribution in [2.75, 3.05) is 0 Å². The van der Waals surface area contributed by atoms with Crippen LogP contribution in [0.2, 0.25) is 0 Å². The third-order valence-corrected chi connectivity index (χ3v) is 2.28. The summed E-state index contributed by atoms with van der Waals surface area (Å²) in [7, 11) is 0. The highest BCUT2D eigenvalue weighted by atomic mass is 32.1. The number of pyridine rings is 1. The van der Waals surface area contributed by atoms with Crippen molar-refractivity contribution in [2.45, 2.75) is 19.9 Å². The third kappa shape index (κ3) is 1.93. The van der Waals surface area contributed by atoms with Gasteiger partial charge in [-0.3, -0.25) is 0 Å². The molecule has 0 aromatic carbocycles. The Hall–Kier alpha value is -0.670. The van der Waals surface area contributed by atoms with Gasteiger partial charge in [0.2, 0.25) is 0 Å². The van der Waals surface area contributed by atoms with Crippen LogP contribution >= 0.6 is 12.2 Å². The van der Waals surface area contributed by atoms with Gasteiger partial charge in [0.25, 0.3) is 0 Å². The summed E-state index contributed by atoms with van der Waals surface area (Å²) in [6, 6.07) is 3.94. The van der Waals surface area contributed by atoms with Gasteiger partial charge in [-0.25, -0.2) is 0 Å². The van der Waals surface area contributed by atoms with Crippen LogP contribution in [-0.2, 0) is 0 Å². The number of hydrogen-bond acceptors (Lipinski definition) is 2. The molecule has 1 atom stereocenters. The quantitative estimate of drug-likeness (QED) is 0.690. The molecule has 66 valence electrons. The molecule has 0 saturated carbocycles. The van der Waals surface area contributed by atoms with Crippen molar-refractivity contribution in [1.82, 2.24) is 4.98 Å². The topological polar surface area (TPSA) is 41.8 Å². The summed E-state index contributed by atoms with van der Waals surface area (Å²) in [6.45, 7) is 4.18. The van der Waals surface area contributed by atoms with Crippen molar-refractivity contribution in [3.05, 3.63) is 28.5 Å². The van der Waals surface area contributed by atoms with E-state index in [1.807, 2.05) is 18.3 Å². The lowest BCUT2D eigenvalue weighted by molar-refractivity contribution is 0.512. The third-order valence-electron chi connectivity index (χ3n) is 1.93. The molecule has 0 fully saturated rings. The van der Waals surface area contributed by atoms with Gasteiger partial charge in [0.15, 0.2) is 0 Å². The van der Waals surface area contributed by atoms with E-state index in [-0.39, 0.29) is 6.04 Å². The van der Waals surface area contributed by atoms with Gasteiger partial charge in [0.1, 0.15) is 4.64 Å². The van der Waals surface area contributed by atoms with Crippen LogP contribution < -0.4 is 5.73 Å². The summed E-state index contributed by atoms with van der Waals surface area (Å²) < 4.78 is 0.749. The summed E-state index contributed by atoms with van der Waals surface area (Å²) in [6.07, 6.45) is 1.82. The lowest BCUT2D eigenvalue weighted by atomic mass is 9.99. The van der Waals surface area contributed by atoms with Gasteiger partial charge in [-0.2, -0.15) is 0 Å².